The van der Waals surface area contributed by atoms with Crippen LogP contribution in [0.25, 0.3) is 0 Å². The van der Waals surface area contributed by atoms with E-state index in [-0.39, 0.29) is 11.9 Å². The Balaban J connectivity index is 1.63. The van der Waals surface area contributed by atoms with Crippen molar-refractivity contribution in [3.63, 3.8) is 0 Å². The number of benzene rings is 1. The fourth-order valence-corrected chi connectivity index (χ4v) is 2.72. The third-order valence-corrected chi connectivity index (χ3v) is 3.96. The van der Waals surface area contributed by atoms with E-state index < -0.39 is 0 Å². The number of amides is 1. The molecule has 0 atom stereocenters. The predicted molar refractivity (Wildman–Crippen MR) is 84.7 cm³/mol. The van der Waals surface area contributed by atoms with Crippen molar-refractivity contribution in [2.75, 3.05) is 13.7 Å². The van der Waals surface area contributed by atoms with Gasteiger partial charge in [0.15, 0.2) is 0 Å². The normalized spacial score (nSPS) is 21.0. The molecular weight excluding hydrogens is 264 g/mol. The molecular formula is C17H26N2O2. The SMILES string of the molecule is COc1ccc(C2CC(NCCC(=O)NC(C)C)C2)cc1. The lowest BCUT2D eigenvalue weighted by Gasteiger charge is -2.36. The Morgan fingerprint density at radius 1 is 1.29 bits per heavy atom. The van der Waals surface area contributed by atoms with E-state index in [0.29, 0.717) is 18.4 Å². The van der Waals surface area contributed by atoms with Gasteiger partial charge in [0.25, 0.3) is 0 Å². The summed E-state index contributed by atoms with van der Waals surface area (Å²) in [7, 11) is 1.69. The number of ether oxygens (including phenoxy) is 1. The van der Waals surface area contributed by atoms with Gasteiger partial charge in [0, 0.05) is 25.0 Å². The van der Waals surface area contributed by atoms with Crippen molar-refractivity contribution < 1.29 is 9.53 Å². The highest BCUT2D eigenvalue weighted by molar-refractivity contribution is 5.76. The van der Waals surface area contributed by atoms with Gasteiger partial charge in [-0.15, -0.1) is 0 Å². The van der Waals surface area contributed by atoms with Gasteiger partial charge < -0.3 is 15.4 Å². The summed E-state index contributed by atoms with van der Waals surface area (Å²) in [4.78, 5) is 11.5. The Bertz CT molecular complexity index is 450. The maximum atomic E-state index is 11.5. The maximum absolute atomic E-state index is 11.5. The van der Waals surface area contributed by atoms with Gasteiger partial charge in [-0.1, -0.05) is 12.1 Å². The summed E-state index contributed by atoms with van der Waals surface area (Å²) in [6.45, 7) is 4.73. The van der Waals surface area contributed by atoms with Gasteiger partial charge in [-0.2, -0.15) is 0 Å². The number of hydrogen-bond donors (Lipinski definition) is 2. The van der Waals surface area contributed by atoms with Crippen LogP contribution in [0, 0.1) is 0 Å². The van der Waals surface area contributed by atoms with Crippen LogP contribution in [0.15, 0.2) is 24.3 Å². The van der Waals surface area contributed by atoms with Gasteiger partial charge in [0.05, 0.1) is 7.11 Å². The Morgan fingerprint density at radius 2 is 1.95 bits per heavy atom. The minimum atomic E-state index is 0.128. The maximum Gasteiger partial charge on any atom is 0.221 e. The van der Waals surface area contributed by atoms with Crippen molar-refractivity contribution in [2.24, 2.45) is 0 Å². The smallest absolute Gasteiger partial charge is 0.221 e. The lowest BCUT2D eigenvalue weighted by molar-refractivity contribution is -0.121. The van der Waals surface area contributed by atoms with E-state index in [2.05, 4.69) is 22.8 Å². The summed E-state index contributed by atoms with van der Waals surface area (Å²) in [6.07, 6.45) is 2.86. The van der Waals surface area contributed by atoms with Crippen molar-refractivity contribution in [2.45, 2.75) is 51.1 Å². The molecule has 0 heterocycles. The molecule has 116 valence electrons. The quantitative estimate of drug-likeness (QED) is 0.811. The number of carbonyl (C=O) groups excluding carboxylic acids is 1. The number of hydrogen-bond acceptors (Lipinski definition) is 3. The van der Waals surface area contributed by atoms with Crippen molar-refractivity contribution in [1.82, 2.24) is 10.6 Å². The zero-order valence-corrected chi connectivity index (χ0v) is 13.2. The molecule has 0 saturated heterocycles. The highest BCUT2D eigenvalue weighted by atomic mass is 16.5. The first-order valence-corrected chi connectivity index (χ1v) is 7.75. The van der Waals surface area contributed by atoms with E-state index in [4.69, 9.17) is 4.74 Å². The Hall–Kier alpha value is -1.55. The molecule has 4 nitrogen and oxygen atoms in total. The molecule has 1 saturated carbocycles. The van der Waals surface area contributed by atoms with Gasteiger partial charge in [0.1, 0.15) is 5.75 Å². The van der Waals surface area contributed by atoms with Crippen molar-refractivity contribution in [3.8, 4) is 5.75 Å². The topological polar surface area (TPSA) is 50.4 Å². The van der Waals surface area contributed by atoms with Crippen molar-refractivity contribution in [1.29, 1.82) is 0 Å². The lowest BCUT2D eigenvalue weighted by Crippen LogP contribution is -2.42. The first kappa shape index (κ1) is 15.8. The molecule has 1 aliphatic rings. The summed E-state index contributed by atoms with van der Waals surface area (Å²) in [6, 6.07) is 9.11. The van der Waals surface area contributed by atoms with Crippen LogP contribution in [0.3, 0.4) is 0 Å². The number of nitrogens with one attached hydrogen (secondary N) is 2. The van der Waals surface area contributed by atoms with Gasteiger partial charge in [0.2, 0.25) is 5.91 Å². The Labute approximate surface area is 127 Å². The first-order chi connectivity index (χ1) is 10.1. The third kappa shape index (κ3) is 4.74. The molecule has 21 heavy (non-hydrogen) atoms. The predicted octanol–water partition coefficient (Wildman–Crippen LogP) is 2.45. The van der Waals surface area contributed by atoms with E-state index in [1.165, 1.54) is 5.56 Å². The fourth-order valence-electron chi connectivity index (χ4n) is 2.72. The molecule has 1 aromatic carbocycles. The van der Waals surface area contributed by atoms with Crippen LogP contribution in [0.5, 0.6) is 5.75 Å². The molecule has 4 heteroatoms. The Kier molecular flexibility index (Phi) is 5.62. The zero-order valence-electron chi connectivity index (χ0n) is 13.2. The van der Waals surface area contributed by atoms with Gasteiger partial charge in [-0.3, -0.25) is 4.79 Å². The monoisotopic (exact) mass is 290 g/mol. The molecule has 0 aliphatic heterocycles. The van der Waals surface area contributed by atoms with Crippen LogP contribution < -0.4 is 15.4 Å². The van der Waals surface area contributed by atoms with Gasteiger partial charge in [-0.05, 0) is 50.3 Å². The summed E-state index contributed by atoms with van der Waals surface area (Å²) >= 11 is 0. The largest absolute Gasteiger partial charge is 0.497 e. The highest BCUT2D eigenvalue weighted by Gasteiger charge is 2.29. The molecule has 0 unspecified atom stereocenters. The molecule has 0 bridgehead atoms. The average molecular weight is 290 g/mol. The molecule has 1 amide bonds. The molecule has 1 aliphatic carbocycles. The van der Waals surface area contributed by atoms with Gasteiger partial charge >= 0.3 is 0 Å². The molecule has 0 spiro atoms. The van der Waals surface area contributed by atoms with Crippen LogP contribution >= 0.6 is 0 Å². The summed E-state index contributed by atoms with van der Waals surface area (Å²) < 4.78 is 5.17. The fraction of sp³-hybridized carbons (Fsp3) is 0.588. The second-order valence-electron chi connectivity index (χ2n) is 6.06. The van der Waals surface area contributed by atoms with E-state index >= 15 is 0 Å². The Morgan fingerprint density at radius 3 is 2.52 bits per heavy atom. The third-order valence-electron chi connectivity index (χ3n) is 3.96. The molecule has 2 N–H and O–H groups in total. The molecule has 1 aromatic rings. The van der Waals surface area contributed by atoms with E-state index in [0.717, 1.165) is 25.1 Å². The second-order valence-corrected chi connectivity index (χ2v) is 6.06. The molecule has 0 aromatic heterocycles. The molecule has 2 rings (SSSR count). The van der Waals surface area contributed by atoms with Crippen molar-refractivity contribution in [3.05, 3.63) is 29.8 Å². The minimum Gasteiger partial charge on any atom is -0.497 e. The zero-order chi connectivity index (χ0) is 15.2. The molecule has 0 radical (unpaired) electrons. The van der Waals surface area contributed by atoms with Crippen LogP contribution in [0.2, 0.25) is 0 Å². The summed E-state index contributed by atoms with van der Waals surface area (Å²) in [5.41, 5.74) is 1.38. The number of rotatable bonds is 7. The number of carbonyl (C=O) groups is 1. The van der Waals surface area contributed by atoms with Crippen LogP contribution in [0.1, 0.15) is 44.6 Å². The number of methoxy groups -OCH3 is 1. The second kappa shape index (κ2) is 7.46. The van der Waals surface area contributed by atoms with Crippen LogP contribution in [-0.2, 0) is 4.79 Å². The van der Waals surface area contributed by atoms with Crippen LogP contribution in [0.4, 0.5) is 0 Å². The first-order valence-electron chi connectivity index (χ1n) is 7.75. The lowest BCUT2D eigenvalue weighted by atomic mass is 9.76. The van der Waals surface area contributed by atoms with Crippen LogP contribution in [-0.4, -0.2) is 31.6 Å². The van der Waals surface area contributed by atoms with Gasteiger partial charge in [-0.25, -0.2) is 0 Å². The van der Waals surface area contributed by atoms with E-state index in [9.17, 15) is 4.79 Å². The highest BCUT2D eigenvalue weighted by Crippen LogP contribution is 2.37. The summed E-state index contributed by atoms with van der Waals surface area (Å²) in [5, 5.41) is 6.37. The van der Waals surface area contributed by atoms with E-state index in [1.807, 2.05) is 26.0 Å². The van der Waals surface area contributed by atoms with Crippen molar-refractivity contribution >= 4 is 5.91 Å². The average Bonchev–Trinajstić information content (AvgIpc) is 2.41. The molecule has 1 fully saturated rings. The van der Waals surface area contributed by atoms with E-state index in [1.54, 1.807) is 7.11 Å². The minimum absolute atomic E-state index is 0.128. The standard InChI is InChI=1S/C17H26N2O2/c1-12(2)19-17(20)8-9-18-15-10-14(11-15)13-4-6-16(21-3)7-5-13/h4-7,12,14-15,18H,8-11H2,1-3H3,(H,19,20). The summed E-state index contributed by atoms with van der Waals surface area (Å²) in [5.74, 6) is 1.67.